The SMILES string of the molecule is C[C@H]1CC2(CCN(c3cnc(Sc4ccnc(C(F)(F)F)c4)cn3)CC2)CO1. The van der Waals surface area contributed by atoms with Gasteiger partial charge in [0.15, 0.2) is 0 Å². The molecule has 2 aliphatic rings. The van der Waals surface area contributed by atoms with Crippen LogP contribution in [0.15, 0.2) is 40.6 Å². The maximum Gasteiger partial charge on any atom is 0.433 e. The summed E-state index contributed by atoms with van der Waals surface area (Å²) >= 11 is 1.14. The second-order valence-electron chi connectivity index (χ2n) is 7.50. The molecule has 2 aromatic heterocycles. The molecule has 9 heteroatoms. The number of pyridine rings is 1. The minimum atomic E-state index is -4.46. The Bertz CT molecular complexity index is 823. The Labute approximate surface area is 165 Å². The third-order valence-electron chi connectivity index (χ3n) is 5.40. The largest absolute Gasteiger partial charge is 0.433 e. The van der Waals surface area contributed by atoms with Gasteiger partial charge in [0.2, 0.25) is 0 Å². The zero-order chi connectivity index (χ0) is 19.8. The molecule has 5 nitrogen and oxygen atoms in total. The molecule has 0 radical (unpaired) electrons. The molecular weight excluding hydrogens is 389 g/mol. The number of hydrogen-bond acceptors (Lipinski definition) is 6. The van der Waals surface area contributed by atoms with Gasteiger partial charge in [0.05, 0.1) is 25.1 Å². The van der Waals surface area contributed by atoms with E-state index in [1.54, 1.807) is 12.4 Å². The van der Waals surface area contributed by atoms with Crippen molar-refractivity contribution in [1.82, 2.24) is 15.0 Å². The molecule has 2 aromatic rings. The highest BCUT2D eigenvalue weighted by molar-refractivity contribution is 7.99. The fraction of sp³-hybridized carbons (Fsp3) is 0.526. The first-order chi connectivity index (χ1) is 13.3. The summed E-state index contributed by atoms with van der Waals surface area (Å²) < 4.78 is 44.1. The van der Waals surface area contributed by atoms with Crippen molar-refractivity contribution in [2.75, 3.05) is 24.6 Å². The van der Waals surface area contributed by atoms with Crippen LogP contribution < -0.4 is 4.90 Å². The molecule has 2 fully saturated rings. The number of alkyl halides is 3. The van der Waals surface area contributed by atoms with Crippen LogP contribution in [0.2, 0.25) is 0 Å². The van der Waals surface area contributed by atoms with Gasteiger partial charge in [-0.1, -0.05) is 11.8 Å². The highest BCUT2D eigenvalue weighted by atomic mass is 32.2. The molecule has 0 N–H and O–H groups in total. The van der Waals surface area contributed by atoms with E-state index in [-0.39, 0.29) is 0 Å². The van der Waals surface area contributed by atoms with E-state index in [9.17, 15) is 13.2 Å². The third kappa shape index (κ3) is 4.25. The van der Waals surface area contributed by atoms with Crippen LogP contribution in [0.5, 0.6) is 0 Å². The van der Waals surface area contributed by atoms with Gasteiger partial charge in [-0.15, -0.1) is 0 Å². The summed E-state index contributed by atoms with van der Waals surface area (Å²) in [7, 11) is 0. The molecule has 1 spiro atoms. The molecule has 0 saturated carbocycles. The molecule has 4 rings (SSSR count). The number of hydrogen-bond donors (Lipinski definition) is 0. The summed E-state index contributed by atoms with van der Waals surface area (Å²) in [6.45, 7) is 4.80. The number of rotatable bonds is 3. The average molecular weight is 410 g/mol. The van der Waals surface area contributed by atoms with Crippen molar-refractivity contribution < 1.29 is 17.9 Å². The maximum atomic E-state index is 12.8. The van der Waals surface area contributed by atoms with Crippen molar-refractivity contribution in [1.29, 1.82) is 0 Å². The second kappa shape index (κ2) is 7.51. The van der Waals surface area contributed by atoms with Crippen LogP contribution in [0, 0.1) is 5.41 Å². The van der Waals surface area contributed by atoms with Crippen molar-refractivity contribution in [3.63, 3.8) is 0 Å². The van der Waals surface area contributed by atoms with E-state index >= 15 is 0 Å². The van der Waals surface area contributed by atoms with Crippen molar-refractivity contribution in [3.8, 4) is 0 Å². The van der Waals surface area contributed by atoms with Gasteiger partial charge in [-0.05, 0) is 43.7 Å². The van der Waals surface area contributed by atoms with E-state index in [1.165, 1.54) is 6.07 Å². The average Bonchev–Trinajstić information content (AvgIpc) is 3.03. The number of anilines is 1. The molecule has 0 bridgehead atoms. The van der Waals surface area contributed by atoms with Crippen LogP contribution in [-0.2, 0) is 10.9 Å². The predicted molar refractivity (Wildman–Crippen MR) is 99.3 cm³/mol. The molecule has 0 aromatic carbocycles. The van der Waals surface area contributed by atoms with E-state index < -0.39 is 11.9 Å². The van der Waals surface area contributed by atoms with Crippen LogP contribution in [0.3, 0.4) is 0 Å². The van der Waals surface area contributed by atoms with Gasteiger partial charge in [-0.3, -0.25) is 4.98 Å². The number of nitrogens with zero attached hydrogens (tertiary/aromatic N) is 4. The Morgan fingerprint density at radius 2 is 1.96 bits per heavy atom. The maximum absolute atomic E-state index is 12.8. The summed E-state index contributed by atoms with van der Waals surface area (Å²) in [6.07, 6.45) is 3.62. The fourth-order valence-corrected chi connectivity index (χ4v) is 4.63. The minimum Gasteiger partial charge on any atom is -0.378 e. The standard InChI is InChI=1S/C19H21F3N4OS/c1-13-9-18(12-27-13)3-6-26(7-4-18)16-10-25-17(11-24-16)28-14-2-5-23-15(8-14)19(20,21)22/h2,5,8,10-11,13H,3-4,6-7,9,12H2,1H3/t13-/m0/s1. The Balaban J connectivity index is 1.38. The van der Waals surface area contributed by atoms with Crippen molar-refractivity contribution in [3.05, 3.63) is 36.4 Å². The molecule has 2 aliphatic heterocycles. The number of halogens is 3. The molecule has 150 valence electrons. The van der Waals surface area contributed by atoms with Gasteiger partial charge in [0, 0.05) is 24.2 Å². The lowest BCUT2D eigenvalue weighted by Gasteiger charge is -2.38. The highest BCUT2D eigenvalue weighted by Gasteiger charge is 2.41. The number of ether oxygens (including phenoxy) is 1. The van der Waals surface area contributed by atoms with E-state index in [4.69, 9.17) is 4.74 Å². The molecule has 1 atom stereocenters. The molecular formula is C19H21F3N4OS. The van der Waals surface area contributed by atoms with E-state index in [1.807, 2.05) is 0 Å². The Kier molecular flexibility index (Phi) is 5.22. The minimum absolute atomic E-state index is 0.302. The van der Waals surface area contributed by atoms with Gasteiger partial charge in [0.1, 0.15) is 16.5 Å². The smallest absolute Gasteiger partial charge is 0.378 e. The molecule has 28 heavy (non-hydrogen) atoms. The highest BCUT2D eigenvalue weighted by Crippen LogP contribution is 2.42. The van der Waals surface area contributed by atoms with Crippen LogP contribution in [0.1, 0.15) is 31.9 Å². The summed E-state index contributed by atoms with van der Waals surface area (Å²) in [6, 6.07) is 2.55. The normalized spacial score (nSPS) is 22.0. The first kappa shape index (κ1) is 19.4. The van der Waals surface area contributed by atoms with Gasteiger partial charge in [-0.2, -0.15) is 13.2 Å². The third-order valence-corrected chi connectivity index (χ3v) is 6.31. The summed E-state index contributed by atoms with van der Waals surface area (Å²) in [5.41, 5.74) is -0.606. The molecule has 0 amide bonds. The first-order valence-corrected chi connectivity index (χ1v) is 10.0. The Morgan fingerprint density at radius 3 is 2.57 bits per heavy atom. The topological polar surface area (TPSA) is 51.1 Å². The number of piperidine rings is 1. The van der Waals surface area contributed by atoms with Crippen LogP contribution in [0.4, 0.5) is 19.0 Å². The van der Waals surface area contributed by atoms with Crippen molar-refractivity contribution >= 4 is 17.6 Å². The zero-order valence-electron chi connectivity index (χ0n) is 15.4. The fourth-order valence-electron chi connectivity index (χ4n) is 3.88. The van der Waals surface area contributed by atoms with Crippen molar-refractivity contribution in [2.45, 2.75) is 48.4 Å². The van der Waals surface area contributed by atoms with Gasteiger partial charge >= 0.3 is 6.18 Å². The monoisotopic (exact) mass is 410 g/mol. The molecule has 0 unspecified atom stereocenters. The van der Waals surface area contributed by atoms with E-state index in [0.29, 0.717) is 21.4 Å². The predicted octanol–water partition coefficient (Wildman–Crippen LogP) is 4.44. The molecule has 4 heterocycles. The lowest BCUT2D eigenvalue weighted by Crippen LogP contribution is -2.41. The second-order valence-corrected chi connectivity index (χ2v) is 8.60. The summed E-state index contributed by atoms with van der Waals surface area (Å²) in [5.74, 6) is 0.803. The zero-order valence-corrected chi connectivity index (χ0v) is 16.3. The summed E-state index contributed by atoms with van der Waals surface area (Å²) in [5, 5.41) is 0.551. The Hall–Kier alpha value is -1.87. The molecule has 2 saturated heterocycles. The summed E-state index contributed by atoms with van der Waals surface area (Å²) in [4.78, 5) is 14.9. The lowest BCUT2D eigenvalue weighted by atomic mass is 9.77. The lowest BCUT2D eigenvalue weighted by molar-refractivity contribution is -0.141. The quantitative estimate of drug-likeness (QED) is 0.746. The van der Waals surface area contributed by atoms with Gasteiger partial charge < -0.3 is 9.64 Å². The van der Waals surface area contributed by atoms with Crippen molar-refractivity contribution in [2.24, 2.45) is 5.41 Å². The Morgan fingerprint density at radius 1 is 1.18 bits per heavy atom. The van der Waals surface area contributed by atoms with Gasteiger partial charge in [0.25, 0.3) is 0 Å². The van der Waals surface area contributed by atoms with E-state index in [0.717, 1.165) is 68.8 Å². The van der Waals surface area contributed by atoms with Crippen LogP contribution in [0.25, 0.3) is 0 Å². The number of aromatic nitrogens is 3. The van der Waals surface area contributed by atoms with E-state index in [2.05, 4.69) is 26.8 Å². The van der Waals surface area contributed by atoms with Gasteiger partial charge in [-0.25, -0.2) is 9.97 Å². The van der Waals surface area contributed by atoms with Crippen LogP contribution in [-0.4, -0.2) is 40.8 Å². The first-order valence-electron chi connectivity index (χ1n) is 9.23. The van der Waals surface area contributed by atoms with Crippen LogP contribution >= 0.6 is 11.8 Å². The molecule has 0 aliphatic carbocycles.